The van der Waals surface area contributed by atoms with Gasteiger partial charge in [-0.05, 0) is 32.6 Å². The molecule has 1 aliphatic heterocycles. The van der Waals surface area contributed by atoms with E-state index in [4.69, 9.17) is 23.7 Å². The SMILES string of the molecule is CCCCO[C@@H]1[C@@H]([C@@H](C)OCCCC)OC(=O)[C@H](OCCCC)[C@H]1OCCCC. The van der Waals surface area contributed by atoms with Crippen LogP contribution < -0.4 is 0 Å². The van der Waals surface area contributed by atoms with Crippen molar-refractivity contribution < 1.29 is 28.5 Å². The lowest BCUT2D eigenvalue weighted by Gasteiger charge is -2.43. The zero-order valence-electron chi connectivity index (χ0n) is 19.3. The molecule has 1 fully saturated rings. The molecule has 29 heavy (non-hydrogen) atoms. The van der Waals surface area contributed by atoms with E-state index in [-0.39, 0.29) is 18.2 Å². The summed E-state index contributed by atoms with van der Waals surface area (Å²) in [6.45, 7) is 12.8. The number of carbonyl (C=O) groups excluding carboxylic acids is 1. The van der Waals surface area contributed by atoms with Crippen LogP contribution in [-0.2, 0) is 28.5 Å². The van der Waals surface area contributed by atoms with Gasteiger partial charge in [0, 0.05) is 26.4 Å². The van der Waals surface area contributed by atoms with E-state index in [0.29, 0.717) is 26.4 Å². The Morgan fingerprint density at radius 1 is 0.759 bits per heavy atom. The Morgan fingerprint density at radius 3 is 1.79 bits per heavy atom. The lowest BCUT2D eigenvalue weighted by Crippen LogP contribution is -2.61. The standard InChI is InChI=1S/C23H44O6/c1-6-10-14-25-18(5)19-20(26-15-11-7-2)21(27-16-12-8-3)22(23(24)29-19)28-17-13-9-4/h18-22H,6-17H2,1-5H3/t18-,19-,20-,21+,22-/m1/s1. The minimum Gasteiger partial charge on any atom is -0.455 e. The van der Waals surface area contributed by atoms with Crippen LogP contribution in [0.25, 0.3) is 0 Å². The molecule has 0 N–H and O–H groups in total. The molecule has 0 aromatic rings. The highest BCUT2D eigenvalue weighted by Crippen LogP contribution is 2.28. The molecule has 0 amide bonds. The van der Waals surface area contributed by atoms with E-state index in [9.17, 15) is 4.79 Å². The second-order valence-corrected chi connectivity index (χ2v) is 7.85. The molecule has 5 atom stereocenters. The Balaban J connectivity index is 2.97. The van der Waals surface area contributed by atoms with Gasteiger partial charge in [0.25, 0.3) is 0 Å². The number of rotatable bonds is 17. The molecule has 0 spiro atoms. The van der Waals surface area contributed by atoms with Crippen LogP contribution in [-0.4, -0.2) is 62.9 Å². The number of hydrogen-bond donors (Lipinski definition) is 0. The van der Waals surface area contributed by atoms with Gasteiger partial charge in [0.15, 0.2) is 12.2 Å². The second-order valence-electron chi connectivity index (χ2n) is 7.85. The molecule has 0 aliphatic carbocycles. The van der Waals surface area contributed by atoms with Gasteiger partial charge >= 0.3 is 5.97 Å². The van der Waals surface area contributed by atoms with Crippen molar-refractivity contribution in [1.82, 2.24) is 0 Å². The molecule has 1 saturated heterocycles. The van der Waals surface area contributed by atoms with E-state index < -0.39 is 18.3 Å². The van der Waals surface area contributed by atoms with Gasteiger partial charge in [0.2, 0.25) is 0 Å². The van der Waals surface area contributed by atoms with Crippen LogP contribution in [0.5, 0.6) is 0 Å². The Hall–Kier alpha value is -0.690. The normalized spacial score (nSPS) is 25.8. The molecule has 6 heteroatoms. The molecule has 0 radical (unpaired) electrons. The third kappa shape index (κ3) is 9.33. The number of carbonyl (C=O) groups is 1. The lowest BCUT2D eigenvalue weighted by molar-refractivity contribution is -0.241. The number of hydrogen-bond acceptors (Lipinski definition) is 6. The van der Waals surface area contributed by atoms with E-state index >= 15 is 0 Å². The van der Waals surface area contributed by atoms with Gasteiger partial charge in [-0.15, -0.1) is 0 Å². The summed E-state index contributed by atoms with van der Waals surface area (Å²) in [5, 5.41) is 0. The third-order valence-corrected chi connectivity index (χ3v) is 5.18. The van der Waals surface area contributed by atoms with E-state index in [0.717, 1.165) is 51.4 Å². The van der Waals surface area contributed by atoms with Crippen LogP contribution in [0.4, 0.5) is 0 Å². The average Bonchev–Trinajstić information content (AvgIpc) is 2.71. The van der Waals surface area contributed by atoms with Gasteiger partial charge in [0.1, 0.15) is 12.2 Å². The number of ether oxygens (including phenoxy) is 5. The molecule has 172 valence electrons. The molecule has 0 bridgehead atoms. The summed E-state index contributed by atoms with van der Waals surface area (Å²) in [7, 11) is 0. The van der Waals surface area contributed by atoms with Crippen LogP contribution in [0.15, 0.2) is 0 Å². The summed E-state index contributed by atoms with van der Waals surface area (Å²) in [6.07, 6.45) is 5.53. The van der Waals surface area contributed by atoms with Crippen molar-refractivity contribution in [1.29, 1.82) is 0 Å². The van der Waals surface area contributed by atoms with E-state index in [2.05, 4.69) is 27.7 Å². The Morgan fingerprint density at radius 2 is 1.24 bits per heavy atom. The highest BCUT2D eigenvalue weighted by Gasteiger charge is 2.50. The fourth-order valence-electron chi connectivity index (χ4n) is 3.25. The molecule has 0 unspecified atom stereocenters. The predicted octanol–water partition coefficient (Wildman–Crippen LogP) is 4.67. The van der Waals surface area contributed by atoms with Crippen LogP contribution in [0, 0.1) is 0 Å². The molecule has 1 heterocycles. The van der Waals surface area contributed by atoms with Crippen molar-refractivity contribution in [2.24, 2.45) is 0 Å². The fourth-order valence-corrected chi connectivity index (χ4v) is 3.25. The Bertz CT molecular complexity index is 416. The van der Waals surface area contributed by atoms with Gasteiger partial charge < -0.3 is 23.7 Å². The summed E-state index contributed by atoms with van der Waals surface area (Å²) in [4.78, 5) is 12.8. The van der Waals surface area contributed by atoms with Gasteiger partial charge in [-0.25, -0.2) is 4.79 Å². The summed E-state index contributed by atoms with van der Waals surface area (Å²) >= 11 is 0. The molecule has 6 nitrogen and oxygen atoms in total. The first-order valence-corrected chi connectivity index (χ1v) is 11.8. The first-order chi connectivity index (χ1) is 14.1. The van der Waals surface area contributed by atoms with Crippen LogP contribution >= 0.6 is 0 Å². The van der Waals surface area contributed by atoms with E-state index in [1.165, 1.54) is 0 Å². The zero-order valence-corrected chi connectivity index (χ0v) is 19.3. The fraction of sp³-hybridized carbons (Fsp3) is 0.957. The zero-order chi connectivity index (χ0) is 21.5. The maximum absolute atomic E-state index is 12.8. The largest absolute Gasteiger partial charge is 0.455 e. The van der Waals surface area contributed by atoms with E-state index in [1.807, 2.05) is 6.92 Å². The molecule has 0 aromatic carbocycles. The molecular weight excluding hydrogens is 372 g/mol. The minimum atomic E-state index is -0.746. The maximum atomic E-state index is 12.8. The van der Waals surface area contributed by atoms with Crippen LogP contribution in [0.2, 0.25) is 0 Å². The highest BCUT2D eigenvalue weighted by molar-refractivity contribution is 5.77. The van der Waals surface area contributed by atoms with Crippen molar-refractivity contribution in [2.75, 3.05) is 26.4 Å². The first kappa shape index (κ1) is 26.3. The topological polar surface area (TPSA) is 63.2 Å². The number of cyclic esters (lactones) is 1. The highest BCUT2D eigenvalue weighted by atomic mass is 16.6. The first-order valence-electron chi connectivity index (χ1n) is 11.8. The summed E-state index contributed by atoms with van der Waals surface area (Å²) in [6, 6.07) is 0. The quantitative estimate of drug-likeness (QED) is 0.254. The average molecular weight is 417 g/mol. The van der Waals surface area contributed by atoms with Gasteiger partial charge in [-0.3, -0.25) is 0 Å². The van der Waals surface area contributed by atoms with Crippen molar-refractivity contribution >= 4 is 5.97 Å². The van der Waals surface area contributed by atoms with Gasteiger partial charge in [-0.2, -0.15) is 0 Å². The van der Waals surface area contributed by atoms with Crippen molar-refractivity contribution in [3.8, 4) is 0 Å². The van der Waals surface area contributed by atoms with Crippen molar-refractivity contribution in [3.63, 3.8) is 0 Å². The summed E-state index contributed by atoms with van der Waals surface area (Å²) in [5.74, 6) is -0.367. The third-order valence-electron chi connectivity index (χ3n) is 5.18. The van der Waals surface area contributed by atoms with Gasteiger partial charge in [-0.1, -0.05) is 53.4 Å². The molecule has 0 aromatic heterocycles. The Labute approximate surface area is 177 Å². The van der Waals surface area contributed by atoms with Crippen LogP contribution in [0.3, 0.4) is 0 Å². The minimum absolute atomic E-state index is 0.258. The maximum Gasteiger partial charge on any atom is 0.338 e. The van der Waals surface area contributed by atoms with Crippen molar-refractivity contribution in [2.45, 2.75) is 117 Å². The van der Waals surface area contributed by atoms with Crippen molar-refractivity contribution in [3.05, 3.63) is 0 Å². The van der Waals surface area contributed by atoms with E-state index in [1.54, 1.807) is 0 Å². The molecule has 0 saturated carbocycles. The summed E-state index contributed by atoms with van der Waals surface area (Å²) in [5.41, 5.74) is 0. The summed E-state index contributed by atoms with van der Waals surface area (Å²) < 4.78 is 30.1. The number of unbranched alkanes of at least 4 members (excludes halogenated alkanes) is 4. The molecule has 1 aliphatic rings. The Kier molecular flexibility index (Phi) is 14.6. The number of esters is 1. The second kappa shape index (κ2) is 16.1. The van der Waals surface area contributed by atoms with Crippen LogP contribution in [0.1, 0.15) is 86.0 Å². The smallest absolute Gasteiger partial charge is 0.338 e. The lowest BCUT2D eigenvalue weighted by atomic mass is 9.95. The predicted molar refractivity (Wildman–Crippen MR) is 114 cm³/mol. The van der Waals surface area contributed by atoms with Gasteiger partial charge in [0.05, 0.1) is 6.10 Å². The molecule has 1 rings (SSSR count). The molecular formula is C23H44O6. The monoisotopic (exact) mass is 416 g/mol.